The number of pyridine rings is 1. The fourth-order valence-electron chi connectivity index (χ4n) is 3.10. The van der Waals surface area contributed by atoms with Crippen molar-refractivity contribution in [3.05, 3.63) is 30.1 Å². The molecule has 2 aliphatic rings. The van der Waals surface area contributed by atoms with Crippen LogP contribution in [0.2, 0.25) is 0 Å². The van der Waals surface area contributed by atoms with Crippen LogP contribution in [0.5, 0.6) is 0 Å². The topological polar surface area (TPSA) is 75.0 Å². The Labute approximate surface area is 136 Å². The van der Waals surface area contributed by atoms with Crippen LogP contribution in [0.3, 0.4) is 0 Å². The fraction of sp³-hybridized carbons (Fsp3) is 0.588. The summed E-state index contributed by atoms with van der Waals surface area (Å²) < 4.78 is 0. The number of nitrogens with zero attached hydrogens (tertiary/aromatic N) is 3. The number of likely N-dealkylation sites (tertiary alicyclic amines) is 1. The van der Waals surface area contributed by atoms with Crippen LogP contribution in [0.4, 0.5) is 0 Å². The summed E-state index contributed by atoms with van der Waals surface area (Å²) in [4.78, 5) is 23.7. The molecule has 6 nitrogen and oxygen atoms in total. The van der Waals surface area contributed by atoms with Gasteiger partial charge in [0.2, 0.25) is 6.10 Å². The molecule has 1 saturated heterocycles. The molecule has 1 aromatic rings. The zero-order valence-corrected chi connectivity index (χ0v) is 13.6. The van der Waals surface area contributed by atoms with Gasteiger partial charge in [0.1, 0.15) is 0 Å². The van der Waals surface area contributed by atoms with Crippen LogP contribution in [0.25, 0.3) is 0 Å². The molecule has 1 unspecified atom stereocenters. The molecular formula is C17H23N3O3. The van der Waals surface area contributed by atoms with Crippen molar-refractivity contribution in [2.75, 3.05) is 13.1 Å². The van der Waals surface area contributed by atoms with Gasteiger partial charge in [0.25, 0.3) is 5.91 Å². The molecule has 0 bridgehead atoms. The summed E-state index contributed by atoms with van der Waals surface area (Å²) in [5.41, 5.74) is 0.850. The number of aliphatic hydroxyl groups is 1. The van der Waals surface area contributed by atoms with Gasteiger partial charge in [-0.3, -0.25) is 9.78 Å². The first-order chi connectivity index (χ1) is 11.0. The number of rotatable bonds is 3. The van der Waals surface area contributed by atoms with Crippen LogP contribution in [-0.4, -0.2) is 45.8 Å². The molecule has 0 saturated carbocycles. The van der Waals surface area contributed by atoms with Gasteiger partial charge in [-0.15, -0.1) is 0 Å². The minimum Gasteiger partial charge on any atom is -0.385 e. The number of piperidine rings is 1. The van der Waals surface area contributed by atoms with Crippen molar-refractivity contribution >= 4 is 11.6 Å². The van der Waals surface area contributed by atoms with Crippen molar-refractivity contribution in [1.82, 2.24) is 9.88 Å². The second kappa shape index (κ2) is 6.28. The van der Waals surface area contributed by atoms with Crippen molar-refractivity contribution in [3.8, 4) is 0 Å². The van der Waals surface area contributed by atoms with Crippen LogP contribution in [0.1, 0.15) is 38.7 Å². The summed E-state index contributed by atoms with van der Waals surface area (Å²) >= 11 is 0. The number of oxime groups is 1. The van der Waals surface area contributed by atoms with E-state index in [9.17, 15) is 9.90 Å². The first-order valence-corrected chi connectivity index (χ1v) is 8.14. The van der Waals surface area contributed by atoms with Gasteiger partial charge in [-0.05, 0) is 24.8 Å². The number of aromatic nitrogens is 1. The second-order valence-electron chi connectivity index (χ2n) is 6.63. The first kappa shape index (κ1) is 15.9. The van der Waals surface area contributed by atoms with Crippen LogP contribution in [0, 0.1) is 5.92 Å². The van der Waals surface area contributed by atoms with E-state index in [2.05, 4.69) is 10.1 Å². The average molecular weight is 317 g/mol. The highest BCUT2D eigenvalue weighted by Gasteiger charge is 2.39. The molecule has 2 aliphatic heterocycles. The maximum absolute atomic E-state index is 12.5. The van der Waals surface area contributed by atoms with E-state index in [-0.39, 0.29) is 5.91 Å². The Morgan fingerprint density at radius 1 is 1.43 bits per heavy atom. The zero-order valence-electron chi connectivity index (χ0n) is 13.6. The zero-order chi connectivity index (χ0) is 16.4. The largest absolute Gasteiger partial charge is 0.385 e. The van der Waals surface area contributed by atoms with Crippen molar-refractivity contribution in [2.24, 2.45) is 11.1 Å². The molecule has 23 heavy (non-hydrogen) atoms. The summed E-state index contributed by atoms with van der Waals surface area (Å²) in [7, 11) is 0. The van der Waals surface area contributed by atoms with Crippen molar-refractivity contribution < 1.29 is 14.7 Å². The molecule has 1 aromatic heterocycles. The van der Waals surface area contributed by atoms with E-state index in [1.165, 1.54) is 0 Å². The molecule has 3 rings (SSSR count). The van der Waals surface area contributed by atoms with Gasteiger partial charge in [0, 0.05) is 37.5 Å². The van der Waals surface area contributed by atoms with E-state index in [1.807, 2.05) is 26.0 Å². The molecular weight excluding hydrogens is 294 g/mol. The third-order valence-electron chi connectivity index (χ3n) is 4.73. The summed E-state index contributed by atoms with van der Waals surface area (Å²) in [5, 5.41) is 14.8. The lowest BCUT2D eigenvalue weighted by atomic mass is 9.85. The van der Waals surface area contributed by atoms with Gasteiger partial charge in [-0.25, -0.2) is 0 Å². The van der Waals surface area contributed by atoms with Gasteiger partial charge >= 0.3 is 0 Å². The van der Waals surface area contributed by atoms with Gasteiger partial charge in [0.05, 0.1) is 11.3 Å². The summed E-state index contributed by atoms with van der Waals surface area (Å²) in [6.45, 7) is 5.12. The Bertz CT molecular complexity index is 592. The minimum absolute atomic E-state index is 0.0300. The number of hydrogen-bond donors (Lipinski definition) is 1. The molecule has 0 aromatic carbocycles. The fourth-order valence-corrected chi connectivity index (χ4v) is 3.10. The maximum Gasteiger partial charge on any atom is 0.266 e. The molecule has 1 atom stereocenters. The van der Waals surface area contributed by atoms with Gasteiger partial charge in [-0.2, -0.15) is 0 Å². The Hall–Kier alpha value is -1.95. The summed E-state index contributed by atoms with van der Waals surface area (Å²) in [5.74, 6) is 0.266. The van der Waals surface area contributed by atoms with E-state index in [0.29, 0.717) is 38.3 Å². The predicted molar refractivity (Wildman–Crippen MR) is 85.7 cm³/mol. The molecule has 1 fully saturated rings. The van der Waals surface area contributed by atoms with E-state index >= 15 is 0 Å². The molecule has 1 N–H and O–H groups in total. The van der Waals surface area contributed by atoms with Crippen molar-refractivity contribution in [3.63, 3.8) is 0 Å². The Morgan fingerprint density at radius 3 is 2.74 bits per heavy atom. The highest BCUT2D eigenvalue weighted by Crippen LogP contribution is 2.33. The van der Waals surface area contributed by atoms with E-state index in [4.69, 9.17) is 4.84 Å². The summed E-state index contributed by atoms with van der Waals surface area (Å²) in [6.07, 6.45) is 4.47. The standard InChI is InChI=1S/C17H23N3O3/c1-12(2)14-10-15(23-19-14)16(21)20-8-5-17(22,6-9-20)13-4-3-7-18-11-13/h3-4,7,11-12,15,22H,5-6,8-10H2,1-2H3. The third kappa shape index (κ3) is 3.22. The van der Waals surface area contributed by atoms with E-state index in [1.54, 1.807) is 17.3 Å². The van der Waals surface area contributed by atoms with Gasteiger partial charge in [-0.1, -0.05) is 25.1 Å². The highest BCUT2D eigenvalue weighted by molar-refractivity contribution is 5.93. The monoisotopic (exact) mass is 317 g/mol. The smallest absolute Gasteiger partial charge is 0.266 e. The molecule has 0 radical (unpaired) electrons. The number of carbonyl (C=O) groups excluding carboxylic acids is 1. The molecule has 3 heterocycles. The van der Waals surface area contributed by atoms with Crippen molar-refractivity contribution in [2.45, 2.75) is 44.8 Å². The molecule has 124 valence electrons. The van der Waals surface area contributed by atoms with Gasteiger partial charge < -0.3 is 14.8 Å². The van der Waals surface area contributed by atoms with Gasteiger partial charge in [0.15, 0.2) is 0 Å². The predicted octanol–water partition coefficient (Wildman–Crippen LogP) is 1.69. The normalized spacial score (nSPS) is 23.6. The Morgan fingerprint density at radius 2 is 2.17 bits per heavy atom. The Balaban J connectivity index is 1.58. The first-order valence-electron chi connectivity index (χ1n) is 8.14. The lowest BCUT2D eigenvalue weighted by Crippen LogP contribution is -2.48. The molecule has 1 amide bonds. The molecule has 0 spiro atoms. The van der Waals surface area contributed by atoms with Crippen molar-refractivity contribution in [1.29, 1.82) is 0 Å². The highest BCUT2D eigenvalue weighted by atomic mass is 16.6. The lowest BCUT2D eigenvalue weighted by Gasteiger charge is -2.38. The molecule has 0 aliphatic carbocycles. The second-order valence-corrected chi connectivity index (χ2v) is 6.63. The average Bonchev–Trinajstić information content (AvgIpc) is 3.06. The summed E-state index contributed by atoms with van der Waals surface area (Å²) in [6, 6.07) is 3.70. The van der Waals surface area contributed by atoms with E-state index in [0.717, 1.165) is 11.3 Å². The maximum atomic E-state index is 12.5. The van der Waals surface area contributed by atoms with E-state index < -0.39 is 11.7 Å². The third-order valence-corrected chi connectivity index (χ3v) is 4.73. The van der Waals surface area contributed by atoms with Crippen LogP contribution in [-0.2, 0) is 15.2 Å². The van der Waals surface area contributed by atoms with Crippen LogP contribution < -0.4 is 0 Å². The number of amides is 1. The molecule has 6 heteroatoms. The number of carbonyl (C=O) groups is 1. The quantitative estimate of drug-likeness (QED) is 0.920. The van der Waals surface area contributed by atoms with Crippen LogP contribution >= 0.6 is 0 Å². The minimum atomic E-state index is -0.902. The van der Waals surface area contributed by atoms with Crippen LogP contribution in [0.15, 0.2) is 29.7 Å². The SMILES string of the molecule is CC(C)C1=NOC(C(=O)N2CCC(O)(c3cccnc3)CC2)C1. The Kier molecular flexibility index (Phi) is 4.35. The lowest BCUT2D eigenvalue weighted by molar-refractivity contribution is -0.146. The number of hydrogen-bond acceptors (Lipinski definition) is 5.